The summed E-state index contributed by atoms with van der Waals surface area (Å²) in [4.78, 5) is 34.0. The highest BCUT2D eigenvalue weighted by Gasteiger charge is 2.54. The third kappa shape index (κ3) is 5.61. The van der Waals surface area contributed by atoms with Crippen LogP contribution in [0.5, 0.6) is 0 Å². The van der Waals surface area contributed by atoms with Crippen molar-refractivity contribution in [2.75, 3.05) is 24.7 Å². The van der Waals surface area contributed by atoms with Crippen LogP contribution in [0.4, 0.5) is 20.3 Å². The van der Waals surface area contributed by atoms with Crippen LogP contribution in [-0.4, -0.2) is 79.0 Å². The van der Waals surface area contributed by atoms with E-state index < -0.39 is 81.5 Å². The molecule has 4 aromatic heterocycles. The van der Waals surface area contributed by atoms with Gasteiger partial charge in [-0.3, -0.25) is 18.4 Å². The number of aromatic amines is 1. The van der Waals surface area contributed by atoms with Gasteiger partial charge in [-0.15, -0.1) is 0 Å². The van der Waals surface area contributed by atoms with Gasteiger partial charge in [-0.1, -0.05) is 12.2 Å². The first-order chi connectivity index (χ1) is 21.3. The Morgan fingerprint density at radius 2 is 1.80 bits per heavy atom. The Morgan fingerprint density at radius 3 is 2.60 bits per heavy atom. The number of nitrogen functional groups attached to an aromatic ring is 2. The molecule has 0 aromatic carbocycles. The Bertz CT molecular complexity index is 1950. The van der Waals surface area contributed by atoms with Crippen molar-refractivity contribution in [1.82, 2.24) is 24.1 Å². The van der Waals surface area contributed by atoms with Gasteiger partial charge in [0.2, 0.25) is 0 Å². The molecule has 6 N–H and O–H groups in total. The van der Waals surface area contributed by atoms with E-state index >= 15 is 8.78 Å². The normalized spacial score (nSPS) is 37.7. The number of ether oxygens (including phenoxy) is 2. The van der Waals surface area contributed by atoms with Crippen molar-refractivity contribution in [1.29, 1.82) is 0 Å². The number of imidazole rings is 1. The molecule has 3 aliphatic heterocycles. The SMILES string of the molecule is Nc1cc2c(ncn2[C@@H]2O[C@@H]3COP(O)(=S)O[C@H]4[C@H](F)[C@H](n5ccc6c(N)ccnc65)O[C@@H]4COP(=O)(S)O[C@@H]2[C@@H]3F)c(=O)[nH]1. The second-order valence-electron chi connectivity index (χ2n) is 10.5. The molecule has 16 nitrogen and oxygen atoms in total. The van der Waals surface area contributed by atoms with Crippen LogP contribution < -0.4 is 17.0 Å². The quantitative estimate of drug-likeness (QED) is 0.150. The van der Waals surface area contributed by atoms with Gasteiger partial charge < -0.3 is 44.5 Å². The molecule has 2 bridgehead atoms. The minimum absolute atomic E-state index is 0.00685. The Labute approximate surface area is 261 Å². The molecule has 7 rings (SSSR count). The monoisotopic (exact) mass is 707 g/mol. The van der Waals surface area contributed by atoms with Crippen LogP contribution in [0.2, 0.25) is 0 Å². The van der Waals surface area contributed by atoms with E-state index in [-0.39, 0.29) is 16.9 Å². The van der Waals surface area contributed by atoms with E-state index in [1.54, 1.807) is 12.1 Å². The third-order valence-corrected chi connectivity index (χ3v) is 10.8. The summed E-state index contributed by atoms with van der Waals surface area (Å²) in [5.41, 5.74) is 12.0. The van der Waals surface area contributed by atoms with E-state index in [2.05, 4.69) is 27.2 Å². The topological polar surface area (TPSA) is 213 Å². The van der Waals surface area contributed by atoms with Crippen molar-refractivity contribution in [3.05, 3.63) is 47.3 Å². The summed E-state index contributed by atoms with van der Waals surface area (Å²) in [5, 5.41) is 0.542. The van der Waals surface area contributed by atoms with Crippen molar-refractivity contribution in [2.45, 2.75) is 49.2 Å². The number of nitrogens with one attached hydrogen (secondary N) is 1. The Hall–Kier alpha value is -2.48. The Balaban J connectivity index is 1.21. The van der Waals surface area contributed by atoms with Crippen molar-refractivity contribution >= 4 is 71.1 Å². The summed E-state index contributed by atoms with van der Waals surface area (Å²) >= 11 is 9.17. The molecule has 0 amide bonds. The standard InChI is InChI=1S/C23H25F2N7O9P2S2/c24-15-12-6-36-42(34,44)40-18-13(39-22(16(18)25)31-4-2-9-10(26)1-3-28-20(9)31)7-37-43(35,45)41-19(15)23(38-12)32-8-29-17-11(32)5-14(27)30-21(17)33/h1-5,8,12-13,15-16,18-19,22-23H,6-7H2,(H2,26,28)(H,34,44)(H,35,45)(H3,27,30,33)/t12-,13-,15-,16+,18-,19-,22-,23-,42?,43?/m1/s1. The molecule has 0 saturated carbocycles. The minimum atomic E-state index is -4.45. The lowest BCUT2D eigenvalue weighted by atomic mass is 10.1. The van der Waals surface area contributed by atoms with Gasteiger partial charge in [0.15, 0.2) is 30.3 Å². The van der Waals surface area contributed by atoms with E-state index in [0.29, 0.717) is 16.7 Å². The van der Waals surface area contributed by atoms with Gasteiger partial charge >= 0.3 is 13.5 Å². The van der Waals surface area contributed by atoms with Crippen LogP contribution in [0.15, 0.2) is 41.7 Å². The van der Waals surface area contributed by atoms with Crippen molar-refractivity contribution < 1.29 is 45.8 Å². The molecule has 4 aromatic rings. The van der Waals surface area contributed by atoms with Crippen LogP contribution in [0.1, 0.15) is 12.5 Å². The Morgan fingerprint density at radius 1 is 1.04 bits per heavy atom. The zero-order valence-electron chi connectivity index (χ0n) is 22.7. The molecular formula is C23H25F2N7O9P2S2. The number of fused-ring (bicyclic) bond motifs is 5. The van der Waals surface area contributed by atoms with Crippen molar-refractivity contribution in [3.8, 4) is 0 Å². The number of anilines is 2. The maximum Gasteiger partial charge on any atom is 0.386 e. The molecule has 0 radical (unpaired) electrons. The van der Waals surface area contributed by atoms with Crippen LogP contribution in [0, 0.1) is 0 Å². The number of H-pyrrole nitrogens is 1. The smallest absolute Gasteiger partial charge is 0.386 e. The number of nitrogens with two attached hydrogens (primary N) is 2. The fourth-order valence-corrected chi connectivity index (χ4v) is 8.48. The van der Waals surface area contributed by atoms with Crippen molar-refractivity contribution in [2.24, 2.45) is 0 Å². The fraction of sp³-hybridized carbons (Fsp3) is 0.435. The highest BCUT2D eigenvalue weighted by Crippen LogP contribution is 2.59. The lowest BCUT2D eigenvalue weighted by Gasteiger charge is -2.27. The highest BCUT2D eigenvalue weighted by atomic mass is 32.7. The molecule has 3 saturated heterocycles. The summed E-state index contributed by atoms with van der Waals surface area (Å²) in [6, 6.07) is 4.58. The number of pyridine rings is 2. The van der Waals surface area contributed by atoms with Gasteiger partial charge in [0.05, 0.1) is 25.1 Å². The fourth-order valence-electron chi connectivity index (χ4n) is 5.60. The third-order valence-electron chi connectivity index (χ3n) is 7.64. The molecule has 3 aliphatic rings. The summed E-state index contributed by atoms with van der Waals surface area (Å²) < 4.78 is 81.8. The van der Waals surface area contributed by atoms with Crippen LogP contribution >= 0.6 is 25.8 Å². The zero-order valence-corrected chi connectivity index (χ0v) is 26.2. The molecule has 45 heavy (non-hydrogen) atoms. The summed E-state index contributed by atoms with van der Waals surface area (Å²) in [7, 11) is 0. The van der Waals surface area contributed by atoms with Gasteiger partial charge in [-0.2, -0.15) is 0 Å². The van der Waals surface area contributed by atoms with Gasteiger partial charge in [0.25, 0.3) is 5.56 Å². The van der Waals surface area contributed by atoms with Gasteiger partial charge in [0, 0.05) is 29.5 Å². The molecular weight excluding hydrogens is 682 g/mol. The second-order valence-corrected chi connectivity index (χ2v) is 16.2. The largest absolute Gasteiger partial charge is 0.398 e. The first-order valence-electron chi connectivity index (χ1n) is 13.3. The van der Waals surface area contributed by atoms with E-state index in [9.17, 15) is 14.3 Å². The van der Waals surface area contributed by atoms with E-state index in [1.165, 1.54) is 33.9 Å². The summed E-state index contributed by atoms with van der Waals surface area (Å²) in [6.07, 6.45) is -8.69. The lowest BCUT2D eigenvalue weighted by molar-refractivity contribution is -0.0576. The predicted octanol–water partition coefficient (Wildman–Crippen LogP) is 2.48. The zero-order chi connectivity index (χ0) is 31.8. The molecule has 22 heteroatoms. The molecule has 0 spiro atoms. The number of aromatic nitrogens is 5. The number of hydrogen-bond donors (Lipinski definition) is 5. The number of nitrogens with zero attached hydrogens (tertiary/aromatic N) is 4. The van der Waals surface area contributed by atoms with Gasteiger partial charge in [-0.05, 0) is 23.9 Å². The highest BCUT2D eigenvalue weighted by molar-refractivity contribution is 8.44. The minimum Gasteiger partial charge on any atom is -0.398 e. The maximum atomic E-state index is 16.0. The van der Waals surface area contributed by atoms with Gasteiger partial charge in [-0.25, -0.2) is 23.3 Å². The summed E-state index contributed by atoms with van der Waals surface area (Å²) in [5.74, 6) is -0.00685. The second kappa shape index (κ2) is 11.3. The van der Waals surface area contributed by atoms with Gasteiger partial charge in [0.1, 0.15) is 35.9 Å². The number of hydrogen-bond acceptors (Lipinski definition) is 13. The van der Waals surface area contributed by atoms with Crippen LogP contribution in [-0.2, 0) is 43.9 Å². The average molecular weight is 708 g/mol. The Kier molecular flexibility index (Phi) is 7.85. The molecule has 7 heterocycles. The van der Waals surface area contributed by atoms with E-state index in [4.69, 9.17) is 50.8 Å². The predicted molar refractivity (Wildman–Crippen MR) is 161 cm³/mol. The number of halogens is 2. The molecule has 0 aliphatic carbocycles. The number of alkyl halides is 2. The van der Waals surface area contributed by atoms with E-state index in [0.717, 1.165) is 0 Å². The maximum absolute atomic E-state index is 16.0. The molecule has 2 unspecified atom stereocenters. The van der Waals surface area contributed by atoms with E-state index in [1.807, 2.05) is 0 Å². The average Bonchev–Trinajstić information content (AvgIpc) is 3.72. The number of thiol groups is 1. The van der Waals surface area contributed by atoms with Crippen LogP contribution in [0.3, 0.4) is 0 Å². The number of rotatable bonds is 2. The molecule has 10 atom stereocenters. The first kappa shape index (κ1) is 31.1. The van der Waals surface area contributed by atoms with Crippen molar-refractivity contribution in [3.63, 3.8) is 0 Å². The molecule has 242 valence electrons. The lowest BCUT2D eigenvalue weighted by Crippen LogP contribution is -2.34. The summed E-state index contributed by atoms with van der Waals surface area (Å²) in [6.45, 7) is -10.1. The molecule has 3 fully saturated rings. The van der Waals surface area contributed by atoms with Crippen LogP contribution in [0.25, 0.3) is 22.1 Å². The first-order valence-corrected chi connectivity index (χ1v) is 18.6.